The third kappa shape index (κ3) is 4.55. The lowest BCUT2D eigenvalue weighted by Crippen LogP contribution is -2.09. The number of ether oxygens (including phenoxy) is 3. The van der Waals surface area contributed by atoms with E-state index in [0.29, 0.717) is 19.0 Å². The van der Waals surface area contributed by atoms with Crippen LogP contribution in [0.15, 0.2) is 18.2 Å². The van der Waals surface area contributed by atoms with Crippen molar-refractivity contribution in [2.75, 3.05) is 26.9 Å². The Morgan fingerprint density at radius 3 is 2.56 bits per heavy atom. The van der Waals surface area contributed by atoms with Gasteiger partial charge in [0, 0.05) is 12.6 Å². The van der Waals surface area contributed by atoms with Crippen LogP contribution in [0.5, 0.6) is 11.5 Å². The molecule has 0 amide bonds. The molecule has 0 aliphatic heterocycles. The molecule has 0 saturated heterocycles. The highest BCUT2D eigenvalue weighted by Crippen LogP contribution is 2.29. The van der Waals surface area contributed by atoms with E-state index in [1.54, 1.807) is 7.11 Å². The lowest BCUT2D eigenvalue weighted by molar-refractivity contribution is 0.0995. The van der Waals surface area contributed by atoms with Crippen LogP contribution in [0.4, 0.5) is 0 Å². The van der Waals surface area contributed by atoms with Gasteiger partial charge in [0.05, 0.1) is 13.7 Å². The molecule has 1 atom stereocenters. The summed E-state index contributed by atoms with van der Waals surface area (Å²) in [5.74, 6) is 1.43. The molecule has 0 fully saturated rings. The van der Waals surface area contributed by atoms with E-state index in [0.717, 1.165) is 24.3 Å². The third-order valence-electron chi connectivity index (χ3n) is 2.55. The minimum atomic E-state index is -0.0131. The molecule has 1 aromatic rings. The Morgan fingerprint density at radius 1 is 1.17 bits per heavy atom. The first-order chi connectivity index (χ1) is 8.69. The summed E-state index contributed by atoms with van der Waals surface area (Å²) in [6, 6.07) is 5.74. The second-order valence-electron chi connectivity index (χ2n) is 4.16. The molecule has 2 N–H and O–H groups in total. The molecule has 0 aliphatic carbocycles. The van der Waals surface area contributed by atoms with E-state index in [9.17, 15) is 0 Å². The van der Waals surface area contributed by atoms with Crippen molar-refractivity contribution in [3.63, 3.8) is 0 Å². The highest BCUT2D eigenvalue weighted by Gasteiger charge is 2.07. The molecule has 102 valence electrons. The van der Waals surface area contributed by atoms with E-state index in [1.165, 1.54) is 0 Å². The molecule has 0 radical (unpaired) electrons. The van der Waals surface area contributed by atoms with Crippen LogP contribution >= 0.6 is 0 Å². The van der Waals surface area contributed by atoms with Crippen LogP contribution < -0.4 is 15.2 Å². The normalized spacial score (nSPS) is 12.2. The number of hydrogen-bond donors (Lipinski definition) is 1. The molecule has 1 aromatic carbocycles. The van der Waals surface area contributed by atoms with Gasteiger partial charge in [-0.05, 0) is 31.0 Å². The molecule has 0 bridgehead atoms. The monoisotopic (exact) mass is 253 g/mol. The van der Waals surface area contributed by atoms with E-state index < -0.39 is 0 Å². The number of nitrogens with two attached hydrogens (primary N) is 1. The van der Waals surface area contributed by atoms with Gasteiger partial charge in [-0.1, -0.05) is 13.0 Å². The van der Waals surface area contributed by atoms with Crippen molar-refractivity contribution < 1.29 is 14.2 Å². The van der Waals surface area contributed by atoms with Gasteiger partial charge in [-0.25, -0.2) is 0 Å². The van der Waals surface area contributed by atoms with Crippen molar-refractivity contribution in [3.8, 4) is 11.5 Å². The summed E-state index contributed by atoms with van der Waals surface area (Å²) >= 11 is 0. The first kappa shape index (κ1) is 14.8. The van der Waals surface area contributed by atoms with E-state index in [4.69, 9.17) is 19.9 Å². The molecule has 1 rings (SSSR count). The summed E-state index contributed by atoms with van der Waals surface area (Å²) in [7, 11) is 1.63. The minimum Gasteiger partial charge on any atom is -0.493 e. The summed E-state index contributed by atoms with van der Waals surface area (Å²) in [6.07, 6.45) is 1.02. The summed E-state index contributed by atoms with van der Waals surface area (Å²) in [5.41, 5.74) is 6.86. The first-order valence-electron chi connectivity index (χ1n) is 6.33. The average molecular weight is 253 g/mol. The van der Waals surface area contributed by atoms with Crippen molar-refractivity contribution in [1.82, 2.24) is 0 Å². The maximum atomic E-state index is 5.83. The van der Waals surface area contributed by atoms with Gasteiger partial charge in [-0.3, -0.25) is 0 Å². The van der Waals surface area contributed by atoms with Gasteiger partial charge in [-0.15, -0.1) is 0 Å². The van der Waals surface area contributed by atoms with Crippen LogP contribution in [0.3, 0.4) is 0 Å². The number of methoxy groups -OCH3 is 1. The third-order valence-corrected chi connectivity index (χ3v) is 2.55. The summed E-state index contributed by atoms with van der Waals surface area (Å²) < 4.78 is 16.3. The number of rotatable bonds is 8. The van der Waals surface area contributed by atoms with Crippen molar-refractivity contribution >= 4 is 0 Å². The van der Waals surface area contributed by atoms with Gasteiger partial charge in [0.25, 0.3) is 0 Å². The van der Waals surface area contributed by atoms with Crippen LogP contribution in [0.25, 0.3) is 0 Å². The van der Waals surface area contributed by atoms with Gasteiger partial charge < -0.3 is 19.9 Å². The minimum absolute atomic E-state index is 0.0131. The highest BCUT2D eigenvalue weighted by atomic mass is 16.5. The first-order valence-corrected chi connectivity index (χ1v) is 6.33. The van der Waals surface area contributed by atoms with Gasteiger partial charge in [0.2, 0.25) is 0 Å². The number of hydrogen-bond acceptors (Lipinski definition) is 4. The van der Waals surface area contributed by atoms with Crippen LogP contribution in [0, 0.1) is 0 Å². The van der Waals surface area contributed by atoms with Crippen molar-refractivity contribution in [3.05, 3.63) is 23.8 Å². The zero-order valence-corrected chi connectivity index (χ0v) is 11.4. The van der Waals surface area contributed by atoms with Crippen LogP contribution in [0.1, 0.15) is 31.9 Å². The Balaban J connectivity index is 2.54. The average Bonchev–Trinajstić information content (AvgIpc) is 2.38. The topological polar surface area (TPSA) is 53.7 Å². The fourth-order valence-corrected chi connectivity index (χ4v) is 1.54. The zero-order valence-electron chi connectivity index (χ0n) is 11.4. The molecule has 4 heteroatoms. The van der Waals surface area contributed by atoms with Crippen LogP contribution in [-0.4, -0.2) is 26.9 Å². The van der Waals surface area contributed by atoms with E-state index in [2.05, 4.69) is 6.92 Å². The number of benzene rings is 1. The van der Waals surface area contributed by atoms with Crippen LogP contribution in [-0.2, 0) is 4.74 Å². The van der Waals surface area contributed by atoms with E-state index >= 15 is 0 Å². The molecule has 18 heavy (non-hydrogen) atoms. The van der Waals surface area contributed by atoms with Crippen LogP contribution in [0.2, 0.25) is 0 Å². The SMILES string of the molecule is CCCOCCOc1ccc([C@H](C)N)cc1OC. The lowest BCUT2D eigenvalue weighted by atomic mass is 10.1. The Bertz CT molecular complexity index is 353. The molecule has 0 spiro atoms. The quantitative estimate of drug-likeness (QED) is 0.723. The second-order valence-corrected chi connectivity index (χ2v) is 4.16. The Labute approximate surface area is 109 Å². The van der Waals surface area contributed by atoms with Crippen molar-refractivity contribution in [1.29, 1.82) is 0 Å². The smallest absolute Gasteiger partial charge is 0.161 e. The molecular formula is C14H23NO3. The fourth-order valence-electron chi connectivity index (χ4n) is 1.54. The Kier molecular flexibility index (Phi) is 6.54. The van der Waals surface area contributed by atoms with Gasteiger partial charge in [0.15, 0.2) is 11.5 Å². The van der Waals surface area contributed by atoms with Crippen molar-refractivity contribution in [2.45, 2.75) is 26.3 Å². The standard InChI is InChI=1S/C14H23NO3/c1-4-7-17-8-9-18-13-6-5-12(11(2)15)10-14(13)16-3/h5-6,10-11H,4,7-9,15H2,1-3H3/t11-/m0/s1. The molecule has 0 aliphatic rings. The van der Waals surface area contributed by atoms with Gasteiger partial charge in [-0.2, -0.15) is 0 Å². The van der Waals surface area contributed by atoms with E-state index in [-0.39, 0.29) is 6.04 Å². The van der Waals surface area contributed by atoms with E-state index in [1.807, 2.05) is 25.1 Å². The molecule has 0 heterocycles. The largest absolute Gasteiger partial charge is 0.493 e. The maximum Gasteiger partial charge on any atom is 0.161 e. The maximum absolute atomic E-state index is 5.83. The van der Waals surface area contributed by atoms with Crippen molar-refractivity contribution in [2.24, 2.45) is 5.73 Å². The predicted octanol–water partition coefficient (Wildman–Crippen LogP) is 2.52. The Hall–Kier alpha value is -1.26. The summed E-state index contributed by atoms with van der Waals surface area (Å²) in [4.78, 5) is 0. The second kappa shape index (κ2) is 7.95. The summed E-state index contributed by atoms with van der Waals surface area (Å²) in [6.45, 7) is 5.90. The van der Waals surface area contributed by atoms with Gasteiger partial charge >= 0.3 is 0 Å². The molecule has 0 unspecified atom stereocenters. The highest BCUT2D eigenvalue weighted by molar-refractivity contribution is 5.43. The van der Waals surface area contributed by atoms with Gasteiger partial charge in [0.1, 0.15) is 6.61 Å². The molecule has 0 aromatic heterocycles. The zero-order chi connectivity index (χ0) is 13.4. The fraction of sp³-hybridized carbons (Fsp3) is 0.571. The molecular weight excluding hydrogens is 230 g/mol. The Morgan fingerprint density at radius 2 is 1.94 bits per heavy atom. The lowest BCUT2D eigenvalue weighted by Gasteiger charge is -2.13. The molecule has 0 saturated carbocycles. The molecule has 4 nitrogen and oxygen atoms in total. The summed E-state index contributed by atoms with van der Waals surface area (Å²) in [5, 5.41) is 0. The predicted molar refractivity (Wildman–Crippen MR) is 72.2 cm³/mol.